The molecule has 0 amide bonds. The molecule has 0 aliphatic carbocycles. The highest BCUT2D eigenvalue weighted by Gasteiger charge is 2.05. The maximum absolute atomic E-state index is 11.7. The Morgan fingerprint density at radius 1 is 1.06 bits per heavy atom. The smallest absolute Gasteiger partial charge is 0.338 e. The molecule has 0 fully saturated rings. The van der Waals surface area contributed by atoms with Crippen molar-refractivity contribution in [1.82, 2.24) is 0 Å². The van der Waals surface area contributed by atoms with E-state index in [9.17, 15) is 4.79 Å². The maximum atomic E-state index is 11.7. The molecule has 0 unspecified atom stereocenters. The molecule has 0 N–H and O–H groups in total. The first-order chi connectivity index (χ1) is 8.79. The van der Waals surface area contributed by atoms with Gasteiger partial charge < -0.3 is 4.74 Å². The van der Waals surface area contributed by atoms with Crippen LogP contribution in [0.15, 0.2) is 59.5 Å². The van der Waals surface area contributed by atoms with E-state index in [0.717, 1.165) is 5.56 Å². The molecule has 0 atom stereocenters. The monoisotopic (exact) mass is 258 g/mol. The molecule has 0 radical (unpaired) electrons. The summed E-state index contributed by atoms with van der Waals surface area (Å²) in [4.78, 5) is 12.9. The molecular weight excluding hydrogens is 244 g/mol. The lowest BCUT2D eigenvalue weighted by atomic mass is 10.2. The molecule has 2 rings (SSSR count). The second-order valence-corrected chi connectivity index (χ2v) is 4.67. The van der Waals surface area contributed by atoms with E-state index >= 15 is 0 Å². The summed E-state index contributed by atoms with van der Waals surface area (Å²) in [6.07, 6.45) is 2.03. The van der Waals surface area contributed by atoms with Gasteiger partial charge in [-0.3, -0.25) is 0 Å². The number of thioether (sulfide) groups is 1. The van der Waals surface area contributed by atoms with Crippen LogP contribution in [-0.2, 0) is 11.3 Å². The standard InChI is InChI=1S/C15H14O2S/c1-18-14-9-7-12(8-10-14)11-17-15(16)13-5-3-2-4-6-13/h2-10H,11H2,1H3. The number of esters is 1. The maximum Gasteiger partial charge on any atom is 0.338 e. The SMILES string of the molecule is CSc1ccc(COC(=O)c2ccccc2)cc1. The van der Waals surface area contributed by atoms with Crippen LogP contribution in [0.5, 0.6) is 0 Å². The normalized spacial score (nSPS) is 10.1. The zero-order chi connectivity index (χ0) is 12.8. The van der Waals surface area contributed by atoms with Crippen LogP contribution in [-0.4, -0.2) is 12.2 Å². The zero-order valence-electron chi connectivity index (χ0n) is 10.1. The van der Waals surface area contributed by atoms with Crippen LogP contribution in [0.1, 0.15) is 15.9 Å². The Bertz CT molecular complexity index is 506. The third-order valence-corrected chi connectivity index (χ3v) is 3.28. The van der Waals surface area contributed by atoms with Crippen LogP contribution in [0.2, 0.25) is 0 Å². The molecule has 0 saturated heterocycles. The molecular formula is C15H14O2S. The third kappa shape index (κ3) is 3.37. The summed E-state index contributed by atoms with van der Waals surface area (Å²) in [5.41, 5.74) is 1.58. The van der Waals surface area contributed by atoms with E-state index in [4.69, 9.17) is 4.74 Å². The fraction of sp³-hybridized carbons (Fsp3) is 0.133. The predicted octanol–water partition coefficient (Wildman–Crippen LogP) is 3.77. The van der Waals surface area contributed by atoms with Gasteiger partial charge in [-0.05, 0) is 36.1 Å². The molecule has 0 aliphatic rings. The Morgan fingerprint density at radius 3 is 2.33 bits per heavy atom. The number of carbonyl (C=O) groups excluding carboxylic acids is 1. The minimum absolute atomic E-state index is 0.287. The van der Waals surface area contributed by atoms with Crippen molar-refractivity contribution in [3.8, 4) is 0 Å². The molecule has 2 aromatic rings. The molecule has 0 heterocycles. The summed E-state index contributed by atoms with van der Waals surface area (Å²) >= 11 is 1.69. The van der Waals surface area contributed by atoms with Crippen molar-refractivity contribution in [3.05, 3.63) is 65.7 Å². The molecule has 0 spiro atoms. The van der Waals surface area contributed by atoms with Crippen LogP contribution in [0, 0.1) is 0 Å². The molecule has 18 heavy (non-hydrogen) atoms. The lowest BCUT2D eigenvalue weighted by Gasteiger charge is -2.05. The Labute approximate surface area is 111 Å². The summed E-state index contributed by atoms with van der Waals surface area (Å²) in [6, 6.07) is 17.0. The second kappa shape index (κ2) is 6.26. The van der Waals surface area contributed by atoms with Crippen LogP contribution in [0.25, 0.3) is 0 Å². The molecule has 0 aliphatic heterocycles. The molecule has 92 valence electrons. The first-order valence-electron chi connectivity index (χ1n) is 5.64. The van der Waals surface area contributed by atoms with E-state index in [2.05, 4.69) is 0 Å². The van der Waals surface area contributed by atoms with E-state index in [0.29, 0.717) is 12.2 Å². The minimum atomic E-state index is -0.287. The van der Waals surface area contributed by atoms with Gasteiger partial charge in [0.05, 0.1) is 5.56 Å². The fourth-order valence-electron chi connectivity index (χ4n) is 1.53. The van der Waals surface area contributed by atoms with Gasteiger partial charge in [-0.1, -0.05) is 30.3 Å². The molecule has 3 heteroatoms. The molecule has 2 aromatic carbocycles. The van der Waals surface area contributed by atoms with E-state index < -0.39 is 0 Å². The van der Waals surface area contributed by atoms with Gasteiger partial charge in [0, 0.05) is 4.90 Å². The molecule has 0 bridgehead atoms. The van der Waals surface area contributed by atoms with Crippen LogP contribution >= 0.6 is 11.8 Å². The Kier molecular flexibility index (Phi) is 4.42. The van der Waals surface area contributed by atoms with Crippen LogP contribution in [0.4, 0.5) is 0 Å². The van der Waals surface area contributed by atoms with Gasteiger partial charge >= 0.3 is 5.97 Å². The van der Waals surface area contributed by atoms with Gasteiger partial charge in [0.2, 0.25) is 0 Å². The van der Waals surface area contributed by atoms with E-state index in [1.807, 2.05) is 48.7 Å². The average molecular weight is 258 g/mol. The van der Waals surface area contributed by atoms with Gasteiger partial charge in [-0.25, -0.2) is 4.79 Å². The first-order valence-corrected chi connectivity index (χ1v) is 6.87. The van der Waals surface area contributed by atoms with Crippen molar-refractivity contribution < 1.29 is 9.53 Å². The molecule has 0 saturated carbocycles. The number of benzene rings is 2. The van der Waals surface area contributed by atoms with E-state index in [1.165, 1.54) is 4.90 Å². The zero-order valence-corrected chi connectivity index (χ0v) is 10.9. The largest absolute Gasteiger partial charge is 0.457 e. The summed E-state index contributed by atoms with van der Waals surface area (Å²) in [5.74, 6) is -0.287. The molecule has 2 nitrogen and oxygen atoms in total. The highest BCUT2D eigenvalue weighted by Crippen LogP contribution is 2.15. The number of hydrogen-bond acceptors (Lipinski definition) is 3. The van der Waals surface area contributed by atoms with Gasteiger partial charge in [0.25, 0.3) is 0 Å². The lowest BCUT2D eigenvalue weighted by molar-refractivity contribution is 0.0472. The fourth-order valence-corrected chi connectivity index (χ4v) is 1.94. The Morgan fingerprint density at radius 2 is 1.72 bits per heavy atom. The van der Waals surface area contributed by atoms with E-state index in [-0.39, 0.29) is 5.97 Å². The van der Waals surface area contributed by atoms with Gasteiger partial charge in [-0.2, -0.15) is 0 Å². The van der Waals surface area contributed by atoms with Crippen molar-refractivity contribution in [3.63, 3.8) is 0 Å². The number of rotatable bonds is 4. The average Bonchev–Trinajstić information content (AvgIpc) is 2.46. The predicted molar refractivity (Wildman–Crippen MR) is 73.8 cm³/mol. The minimum Gasteiger partial charge on any atom is -0.457 e. The topological polar surface area (TPSA) is 26.3 Å². The lowest BCUT2D eigenvalue weighted by Crippen LogP contribution is -2.04. The van der Waals surface area contributed by atoms with Crippen molar-refractivity contribution in [1.29, 1.82) is 0 Å². The van der Waals surface area contributed by atoms with Crippen molar-refractivity contribution in [2.45, 2.75) is 11.5 Å². The van der Waals surface area contributed by atoms with Crippen molar-refractivity contribution >= 4 is 17.7 Å². The Hall–Kier alpha value is -1.74. The first kappa shape index (κ1) is 12.7. The highest BCUT2D eigenvalue weighted by atomic mass is 32.2. The van der Waals surface area contributed by atoms with Crippen molar-refractivity contribution in [2.75, 3.05) is 6.26 Å². The van der Waals surface area contributed by atoms with Crippen LogP contribution < -0.4 is 0 Å². The van der Waals surface area contributed by atoms with Gasteiger partial charge in [0.1, 0.15) is 6.61 Å². The summed E-state index contributed by atoms with van der Waals surface area (Å²) in [7, 11) is 0. The van der Waals surface area contributed by atoms with Gasteiger partial charge in [0.15, 0.2) is 0 Å². The third-order valence-electron chi connectivity index (χ3n) is 2.54. The quantitative estimate of drug-likeness (QED) is 0.617. The number of ether oxygens (including phenoxy) is 1. The van der Waals surface area contributed by atoms with Crippen molar-refractivity contribution in [2.24, 2.45) is 0 Å². The molecule has 0 aromatic heterocycles. The van der Waals surface area contributed by atoms with E-state index in [1.54, 1.807) is 23.9 Å². The highest BCUT2D eigenvalue weighted by molar-refractivity contribution is 7.98. The number of hydrogen-bond donors (Lipinski definition) is 0. The Balaban J connectivity index is 1.93. The summed E-state index contributed by atoms with van der Waals surface area (Å²) < 4.78 is 5.24. The van der Waals surface area contributed by atoms with Crippen LogP contribution in [0.3, 0.4) is 0 Å². The van der Waals surface area contributed by atoms with Gasteiger partial charge in [-0.15, -0.1) is 11.8 Å². The summed E-state index contributed by atoms with van der Waals surface area (Å²) in [5, 5.41) is 0. The summed E-state index contributed by atoms with van der Waals surface area (Å²) in [6.45, 7) is 0.308. The second-order valence-electron chi connectivity index (χ2n) is 3.79. The number of carbonyl (C=O) groups is 1.